The molecule has 3 aromatic carbocycles. The number of hydrogen-bond acceptors (Lipinski definition) is 5. The summed E-state index contributed by atoms with van der Waals surface area (Å²) in [5.74, 6) is -0.343. The van der Waals surface area contributed by atoms with Crippen LogP contribution < -0.4 is 11.0 Å². The maximum atomic E-state index is 13.2. The Labute approximate surface area is 204 Å². The van der Waals surface area contributed by atoms with E-state index in [4.69, 9.17) is 23.2 Å². The first-order chi connectivity index (χ1) is 15.9. The van der Waals surface area contributed by atoms with Gasteiger partial charge in [0.1, 0.15) is 0 Å². The Morgan fingerprint density at radius 1 is 1.09 bits per heavy atom. The summed E-state index contributed by atoms with van der Waals surface area (Å²) in [4.78, 5) is 30.2. The number of thioether (sulfide) groups is 1. The van der Waals surface area contributed by atoms with Crippen LogP contribution in [0.15, 0.2) is 81.8 Å². The topological polar surface area (TPSA) is 76.3 Å². The van der Waals surface area contributed by atoms with Crippen molar-refractivity contribution >= 4 is 58.0 Å². The first-order valence-corrected chi connectivity index (χ1v) is 11.7. The molecule has 1 N–H and O–H groups in total. The summed E-state index contributed by atoms with van der Waals surface area (Å²) < 4.78 is 1.52. The second-order valence-electron chi connectivity index (χ2n) is 7.11. The van der Waals surface area contributed by atoms with Gasteiger partial charge in [-0.1, -0.05) is 76.9 Å². The molecule has 0 radical (unpaired) electrons. The highest BCUT2D eigenvalue weighted by atomic mass is 35.5. The van der Waals surface area contributed by atoms with Crippen molar-refractivity contribution in [3.8, 4) is 5.69 Å². The second-order valence-corrected chi connectivity index (χ2v) is 8.84. The van der Waals surface area contributed by atoms with Gasteiger partial charge in [0.2, 0.25) is 0 Å². The van der Waals surface area contributed by atoms with Crippen molar-refractivity contribution in [2.45, 2.75) is 12.1 Å². The lowest BCUT2D eigenvalue weighted by Crippen LogP contribution is -2.24. The highest BCUT2D eigenvalue weighted by Gasteiger charge is 2.14. The summed E-state index contributed by atoms with van der Waals surface area (Å²) in [5.41, 5.74) is 5.18. The molecule has 4 rings (SSSR count). The average molecular weight is 497 g/mol. The Morgan fingerprint density at radius 2 is 1.85 bits per heavy atom. The number of nitrogens with zero attached hydrogens (tertiary/aromatic N) is 3. The molecule has 1 heterocycles. The molecule has 0 saturated carbocycles. The molecule has 9 heteroatoms. The number of hydrogen-bond donors (Lipinski definition) is 1. The van der Waals surface area contributed by atoms with Gasteiger partial charge in [-0.15, -0.1) is 0 Å². The van der Waals surface area contributed by atoms with Crippen molar-refractivity contribution in [2.24, 2.45) is 5.10 Å². The zero-order valence-corrected chi connectivity index (χ0v) is 19.8. The monoisotopic (exact) mass is 496 g/mol. The Morgan fingerprint density at radius 3 is 2.64 bits per heavy atom. The third-order valence-corrected chi connectivity index (χ3v) is 6.52. The van der Waals surface area contributed by atoms with Crippen LogP contribution in [0, 0.1) is 6.92 Å². The maximum Gasteiger partial charge on any atom is 0.266 e. The second kappa shape index (κ2) is 10.2. The van der Waals surface area contributed by atoms with E-state index >= 15 is 0 Å². The predicted octanol–water partition coefficient (Wildman–Crippen LogP) is 5.24. The standard InChI is InChI=1S/C24H18Cl2N4O2S/c1-15-9-11-17(12-10-15)30-23(32)18-6-2-3-8-20(18)28-24(30)33-14-21(31)29-27-13-16-5-4-7-19(25)22(16)26/h2-13H,14H2,1H3,(H,29,31)/b27-13-. The predicted molar refractivity (Wildman–Crippen MR) is 135 cm³/mol. The lowest BCUT2D eigenvalue weighted by atomic mass is 10.2. The fraction of sp³-hybridized carbons (Fsp3) is 0.0833. The average Bonchev–Trinajstić information content (AvgIpc) is 2.81. The quantitative estimate of drug-likeness (QED) is 0.171. The van der Waals surface area contributed by atoms with Crippen molar-refractivity contribution < 1.29 is 4.79 Å². The normalized spacial score (nSPS) is 11.2. The number of halogens is 2. The number of para-hydroxylation sites is 1. The Hall–Kier alpha value is -3.13. The van der Waals surface area contributed by atoms with E-state index in [0.717, 1.165) is 17.3 Å². The molecular formula is C24H18Cl2N4O2S. The number of carbonyl (C=O) groups excluding carboxylic acids is 1. The lowest BCUT2D eigenvalue weighted by molar-refractivity contribution is -0.118. The number of fused-ring (bicyclic) bond motifs is 1. The number of aryl methyl sites for hydroxylation is 1. The molecule has 0 aliphatic heterocycles. The minimum Gasteiger partial charge on any atom is -0.272 e. The van der Waals surface area contributed by atoms with Crippen LogP contribution in [0.5, 0.6) is 0 Å². The number of benzene rings is 3. The molecule has 0 unspecified atom stereocenters. The first kappa shape index (κ1) is 23.0. The highest BCUT2D eigenvalue weighted by molar-refractivity contribution is 7.99. The van der Waals surface area contributed by atoms with E-state index in [0.29, 0.717) is 37.4 Å². The van der Waals surface area contributed by atoms with Crippen molar-refractivity contribution in [3.63, 3.8) is 0 Å². The third-order valence-electron chi connectivity index (χ3n) is 4.74. The van der Waals surface area contributed by atoms with Crippen LogP contribution in [-0.4, -0.2) is 27.4 Å². The zero-order chi connectivity index (χ0) is 23.4. The summed E-state index contributed by atoms with van der Waals surface area (Å²) in [6, 6.07) is 19.8. The number of aromatic nitrogens is 2. The van der Waals surface area contributed by atoms with Gasteiger partial charge < -0.3 is 0 Å². The van der Waals surface area contributed by atoms with E-state index < -0.39 is 0 Å². The molecule has 33 heavy (non-hydrogen) atoms. The van der Waals surface area contributed by atoms with Gasteiger partial charge in [-0.05, 0) is 37.3 Å². The number of amides is 1. The van der Waals surface area contributed by atoms with Gasteiger partial charge in [-0.3, -0.25) is 14.2 Å². The van der Waals surface area contributed by atoms with Crippen molar-refractivity contribution in [1.29, 1.82) is 0 Å². The molecule has 0 fully saturated rings. The maximum absolute atomic E-state index is 13.2. The van der Waals surface area contributed by atoms with Crippen LogP contribution in [0.1, 0.15) is 11.1 Å². The summed E-state index contributed by atoms with van der Waals surface area (Å²) >= 11 is 13.3. The minimum absolute atomic E-state index is 0.0112. The van der Waals surface area contributed by atoms with E-state index in [1.807, 2.05) is 37.3 Å². The van der Waals surface area contributed by atoms with Crippen LogP contribution in [-0.2, 0) is 4.79 Å². The van der Waals surface area contributed by atoms with Gasteiger partial charge in [0.25, 0.3) is 11.5 Å². The van der Waals surface area contributed by atoms with Crippen LogP contribution in [0.2, 0.25) is 10.0 Å². The fourth-order valence-electron chi connectivity index (χ4n) is 3.09. The number of hydrazone groups is 1. The lowest BCUT2D eigenvalue weighted by Gasteiger charge is -2.13. The van der Waals surface area contributed by atoms with E-state index in [2.05, 4.69) is 15.5 Å². The number of nitrogens with one attached hydrogen (secondary N) is 1. The molecule has 6 nitrogen and oxygen atoms in total. The molecule has 0 bridgehead atoms. The van der Waals surface area contributed by atoms with Crippen LogP contribution in [0.3, 0.4) is 0 Å². The van der Waals surface area contributed by atoms with Gasteiger partial charge >= 0.3 is 0 Å². The van der Waals surface area contributed by atoms with Crippen LogP contribution >= 0.6 is 35.0 Å². The molecule has 0 aliphatic rings. The molecule has 0 saturated heterocycles. The van der Waals surface area contributed by atoms with Crippen molar-refractivity contribution in [3.05, 3.63) is 98.3 Å². The van der Waals surface area contributed by atoms with E-state index in [-0.39, 0.29) is 17.2 Å². The molecule has 4 aromatic rings. The molecule has 0 atom stereocenters. The van der Waals surface area contributed by atoms with Gasteiger partial charge in [0, 0.05) is 5.56 Å². The Balaban J connectivity index is 1.56. The highest BCUT2D eigenvalue weighted by Crippen LogP contribution is 2.24. The first-order valence-electron chi connectivity index (χ1n) is 9.91. The third kappa shape index (κ3) is 5.27. The Bertz CT molecular complexity index is 1420. The molecule has 1 aromatic heterocycles. The molecule has 166 valence electrons. The Kier molecular flexibility index (Phi) is 7.13. The van der Waals surface area contributed by atoms with E-state index in [1.54, 1.807) is 36.4 Å². The van der Waals surface area contributed by atoms with Gasteiger partial charge in [0.15, 0.2) is 5.16 Å². The summed E-state index contributed by atoms with van der Waals surface area (Å²) in [6.45, 7) is 1.97. The largest absolute Gasteiger partial charge is 0.272 e. The summed E-state index contributed by atoms with van der Waals surface area (Å²) in [7, 11) is 0. The molecule has 0 spiro atoms. The fourth-order valence-corrected chi connectivity index (χ4v) is 4.25. The van der Waals surface area contributed by atoms with Crippen molar-refractivity contribution in [1.82, 2.24) is 15.0 Å². The molecule has 1 amide bonds. The van der Waals surface area contributed by atoms with E-state index in [9.17, 15) is 9.59 Å². The van der Waals surface area contributed by atoms with Crippen LogP contribution in [0.4, 0.5) is 0 Å². The smallest absolute Gasteiger partial charge is 0.266 e. The van der Waals surface area contributed by atoms with Gasteiger partial charge in [0.05, 0.1) is 38.6 Å². The summed E-state index contributed by atoms with van der Waals surface area (Å²) in [6.07, 6.45) is 1.42. The number of rotatable bonds is 6. The van der Waals surface area contributed by atoms with Gasteiger partial charge in [-0.25, -0.2) is 10.4 Å². The molecular weight excluding hydrogens is 479 g/mol. The number of carbonyl (C=O) groups is 1. The zero-order valence-electron chi connectivity index (χ0n) is 17.5. The van der Waals surface area contributed by atoms with E-state index in [1.165, 1.54) is 10.8 Å². The summed E-state index contributed by atoms with van der Waals surface area (Å²) in [5, 5.41) is 5.63. The van der Waals surface area contributed by atoms with Crippen LogP contribution in [0.25, 0.3) is 16.6 Å². The molecule has 0 aliphatic carbocycles. The van der Waals surface area contributed by atoms with Crippen molar-refractivity contribution in [2.75, 3.05) is 5.75 Å². The SMILES string of the molecule is Cc1ccc(-n2c(SCC(=O)N/N=C\c3cccc(Cl)c3Cl)nc3ccccc3c2=O)cc1. The minimum atomic E-state index is -0.354. The van der Waals surface area contributed by atoms with Gasteiger partial charge in [-0.2, -0.15) is 5.10 Å².